The quantitative estimate of drug-likeness (QED) is 0.560. The molecule has 0 bridgehead atoms. The smallest absolute Gasteiger partial charge is 0.132 e. The molecule has 0 unspecified atom stereocenters. The minimum absolute atomic E-state index is 0.233. The van der Waals surface area contributed by atoms with Crippen LogP contribution >= 0.6 is 22.6 Å². The Labute approximate surface area is 161 Å². The Kier molecular flexibility index (Phi) is 5.19. The van der Waals surface area contributed by atoms with Gasteiger partial charge in [-0.3, -0.25) is 4.57 Å². The maximum atomic E-state index is 9.89. The van der Waals surface area contributed by atoms with Crippen LogP contribution in [-0.4, -0.2) is 23.3 Å². The zero-order valence-electron chi connectivity index (χ0n) is 14.3. The van der Waals surface area contributed by atoms with Gasteiger partial charge in [-0.15, -0.1) is 0 Å². The summed E-state index contributed by atoms with van der Waals surface area (Å²) < 4.78 is 3.18. The number of hydrogen-bond acceptors (Lipinski definition) is 3. The average molecular weight is 445 g/mol. The van der Waals surface area contributed by atoms with Crippen LogP contribution in [0.3, 0.4) is 0 Å². The largest absolute Gasteiger partial charge is 0.508 e. The normalized spacial score (nSPS) is 10.8. The second kappa shape index (κ2) is 7.36. The first-order valence-electron chi connectivity index (χ1n) is 8.32. The Hall–Kier alpha value is -2.20. The van der Waals surface area contributed by atoms with E-state index in [-0.39, 0.29) is 5.75 Å². The SMILES string of the molecule is CCCCN(C)c1c(C#N)c2c(I)cccc2n1-c1ccc(O)cc1. The molecule has 1 heterocycles. The molecule has 1 aromatic heterocycles. The van der Waals surface area contributed by atoms with E-state index < -0.39 is 0 Å². The van der Waals surface area contributed by atoms with Gasteiger partial charge < -0.3 is 10.0 Å². The second-order valence-corrected chi connectivity index (χ2v) is 7.23. The van der Waals surface area contributed by atoms with Crippen molar-refractivity contribution in [2.45, 2.75) is 19.8 Å². The molecule has 3 aromatic rings. The number of unbranched alkanes of at least 4 members (excludes halogenated alkanes) is 1. The molecule has 0 aliphatic rings. The highest BCUT2D eigenvalue weighted by Crippen LogP contribution is 2.37. The first kappa shape index (κ1) is 17.6. The lowest BCUT2D eigenvalue weighted by Crippen LogP contribution is -2.22. The van der Waals surface area contributed by atoms with E-state index in [1.807, 2.05) is 37.4 Å². The van der Waals surface area contributed by atoms with Gasteiger partial charge >= 0.3 is 0 Å². The Morgan fingerprint density at radius 3 is 2.56 bits per heavy atom. The lowest BCUT2D eigenvalue weighted by atomic mass is 10.2. The van der Waals surface area contributed by atoms with Crippen molar-refractivity contribution in [3.8, 4) is 17.5 Å². The van der Waals surface area contributed by atoms with Crippen LogP contribution in [0, 0.1) is 14.9 Å². The molecule has 0 atom stereocenters. The molecule has 0 fully saturated rings. The van der Waals surface area contributed by atoms with Crippen molar-refractivity contribution in [1.82, 2.24) is 4.57 Å². The summed E-state index contributed by atoms with van der Waals surface area (Å²) in [6.45, 7) is 3.05. The molecule has 0 radical (unpaired) electrons. The van der Waals surface area contributed by atoms with Crippen molar-refractivity contribution >= 4 is 39.3 Å². The number of aromatic nitrogens is 1. The summed E-state index contributed by atoms with van der Waals surface area (Å²) in [7, 11) is 2.04. The number of anilines is 1. The number of nitriles is 1. The van der Waals surface area contributed by atoms with Crippen molar-refractivity contribution in [2.75, 3.05) is 18.5 Å². The Bertz CT molecular complexity index is 938. The maximum Gasteiger partial charge on any atom is 0.132 e. The van der Waals surface area contributed by atoms with Crippen molar-refractivity contribution in [1.29, 1.82) is 5.26 Å². The topological polar surface area (TPSA) is 52.2 Å². The molecule has 0 saturated heterocycles. The number of aromatic hydroxyl groups is 1. The lowest BCUT2D eigenvalue weighted by Gasteiger charge is -2.22. The summed E-state index contributed by atoms with van der Waals surface area (Å²) in [4.78, 5) is 2.16. The van der Waals surface area contributed by atoms with E-state index in [9.17, 15) is 10.4 Å². The number of benzene rings is 2. The van der Waals surface area contributed by atoms with Gasteiger partial charge in [0.25, 0.3) is 0 Å². The third-order valence-electron chi connectivity index (χ3n) is 4.35. The van der Waals surface area contributed by atoms with Crippen LogP contribution < -0.4 is 4.90 Å². The van der Waals surface area contributed by atoms with E-state index in [1.165, 1.54) is 0 Å². The number of fused-ring (bicyclic) bond motifs is 1. The highest BCUT2D eigenvalue weighted by molar-refractivity contribution is 14.1. The summed E-state index contributed by atoms with van der Waals surface area (Å²) in [6.07, 6.45) is 2.17. The first-order chi connectivity index (χ1) is 12.1. The molecule has 0 aliphatic heterocycles. The summed E-state index contributed by atoms with van der Waals surface area (Å²) in [5.74, 6) is 1.14. The van der Waals surface area contributed by atoms with E-state index in [0.29, 0.717) is 5.56 Å². The number of phenolic OH excluding ortho intramolecular Hbond substituents is 1. The fraction of sp³-hybridized carbons (Fsp3) is 0.250. The third-order valence-corrected chi connectivity index (χ3v) is 5.25. The van der Waals surface area contributed by atoms with Crippen LogP contribution in [0.15, 0.2) is 42.5 Å². The van der Waals surface area contributed by atoms with E-state index in [2.05, 4.69) is 45.1 Å². The average Bonchev–Trinajstić information content (AvgIpc) is 2.96. The van der Waals surface area contributed by atoms with Crippen LogP contribution in [0.2, 0.25) is 0 Å². The van der Waals surface area contributed by atoms with E-state index in [0.717, 1.165) is 45.4 Å². The van der Waals surface area contributed by atoms with Crippen molar-refractivity contribution in [3.63, 3.8) is 0 Å². The van der Waals surface area contributed by atoms with Crippen LogP contribution in [0.4, 0.5) is 5.82 Å². The molecule has 1 N–H and O–H groups in total. The van der Waals surface area contributed by atoms with Gasteiger partial charge in [0.1, 0.15) is 23.2 Å². The van der Waals surface area contributed by atoms with Crippen molar-refractivity contribution in [3.05, 3.63) is 51.6 Å². The van der Waals surface area contributed by atoms with Crippen LogP contribution in [0.5, 0.6) is 5.75 Å². The Balaban J connectivity index is 2.34. The van der Waals surface area contributed by atoms with Gasteiger partial charge in [0, 0.05) is 28.2 Å². The molecule has 3 rings (SSSR count). The standard InChI is InChI=1S/C20H20IN3O/c1-3-4-12-23(2)20-16(13-22)19-17(21)6-5-7-18(19)24(20)14-8-10-15(25)11-9-14/h5-11,25H,3-4,12H2,1-2H3. The van der Waals surface area contributed by atoms with E-state index in [4.69, 9.17) is 0 Å². The van der Waals surface area contributed by atoms with Crippen LogP contribution in [0.25, 0.3) is 16.6 Å². The highest BCUT2D eigenvalue weighted by Gasteiger charge is 2.22. The van der Waals surface area contributed by atoms with Crippen molar-refractivity contribution < 1.29 is 5.11 Å². The summed E-state index contributed by atoms with van der Waals surface area (Å²) in [6, 6.07) is 15.6. The summed E-state index contributed by atoms with van der Waals surface area (Å²) >= 11 is 2.29. The molecule has 0 aliphatic carbocycles. The zero-order valence-corrected chi connectivity index (χ0v) is 16.5. The van der Waals surface area contributed by atoms with E-state index in [1.54, 1.807) is 12.1 Å². The zero-order chi connectivity index (χ0) is 18.0. The molecular formula is C20H20IN3O. The lowest BCUT2D eigenvalue weighted by molar-refractivity contribution is 0.475. The predicted octanol–water partition coefficient (Wildman–Crippen LogP) is 5.05. The number of hydrogen-bond donors (Lipinski definition) is 1. The second-order valence-electron chi connectivity index (χ2n) is 6.07. The maximum absolute atomic E-state index is 9.89. The molecule has 5 heteroatoms. The van der Waals surface area contributed by atoms with Gasteiger partial charge in [-0.1, -0.05) is 19.4 Å². The van der Waals surface area contributed by atoms with Crippen molar-refractivity contribution in [2.24, 2.45) is 0 Å². The van der Waals surface area contributed by atoms with Gasteiger partial charge in [0.15, 0.2) is 0 Å². The van der Waals surface area contributed by atoms with Gasteiger partial charge in [-0.05, 0) is 65.4 Å². The fourth-order valence-corrected chi connectivity index (χ4v) is 3.87. The van der Waals surface area contributed by atoms with Gasteiger partial charge in [0.05, 0.1) is 5.52 Å². The number of nitrogens with zero attached hydrogens (tertiary/aromatic N) is 3. The van der Waals surface area contributed by atoms with Gasteiger partial charge in [-0.2, -0.15) is 5.26 Å². The van der Waals surface area contributed by atoms with Gasteiger partial charge in [0.2, 0.25) is 0 Å². The number of rotatable bonds is 5. The molecule has 128 valence electrons. The molecule has 0 amide bonds. The molecule has 25 heavy (non-hydrogen) atoms. The van der Waals surface area contributed by atoms with Crippen LogP contribution in [-0.2, 0) is 0 Å². The Morgan fingerprint density at radius 2 is 1.92 bits per heavy atom. The molecule has 0 saturated carbocycles. The number of halogens is 1. The minimum atomic E-state index is 0.233. The monoisotopic (exact) mass is 445 g/mol. The van der Waals surface area contributed by atoms with Gasteiger partial charge in [-0.25, -0.2) is 0 Å². The minimum Gasteiger partial charge on any atom is -0.508 e. The summed E-state index contributed by atoms with van der Waals surface area (Å²) in [5.41, 5.74) is 2.64. The number of phenols is 1. The summed E-state index contributed by atoms with van der Waals surface area (Å²) in [5, 5.41) is 20.5. The van der Waals surface area contributed by atoms with Crippen LogP contribution in [0.1, 0.15) is 25.3 Å². The molecule has 0 spiro atoms. The predicted molar refractivity (Wildman–Crippen MR) is 111 cm³/mol. The van der Waals surface area contributed by atoms with E-state index >= 15 is 0 Å². The molecular weight excluding hydrogens is 425 g/mol. The third kappa shape index (κ3) is 3.19. The Morgan fingerprint density at radius 1 is 1.20 bits per heavy atom. The fourth-order valence-electron chi connectivity index (χ4n) is 3.12. The molecule has 2 aromatic carbocycles. The highest BCUT2D eigenvalue weighted by atomic mass is 127. The molecule has 4 nitrogen and oxygen atoms in total. The first-order valence-corrected chi connectivity index (χ1v) is 9.40.